The summed E-state index contributed by atoms with van der Waals surface area (Å²) in [7, 11) is 0. The van der Waals surface area contributed by atoms with E-state index in [-0.39, 0.29) is 5.41 Å². The van der Waals surface area contributed by atoms with Crippen molar-refractivity contribution in [3.8, 4) is 0 Å². The van der Waals surface area contributed by atoms with Gasteiger partial charge in [0, 0.05) is 20.8 Å². The standard InChI is InChI=1S/C5H10Br2ClO2P/c1-5(2,3-6)4-10-11(7,8)9/h3-4H2,1-2H3. The lowest BCUT2D eigenvalue weighted by Gasteiger charge is -2.21. The minimum absolute atomic E-state index is 0.0433. The third-order valence-electron chi connectivity index (χ3n) is 0.967. The van der Waals surface area contributed by atoms with Crippen LogP contribution in [-0.2, 0) is 9.09 Å². The highest BCUT2D eigenvalue weighted by atomic mass is 79.9. The van der Waals surface area contributed by atoms with Crippen LogP contribution in [0.3, 0.4) is 0 Å². The number of alkyl halides is 1. The average Bonchev–Trinajstić information content (AvgIpc) is 1.83. The Morgan fingerprint density at radius 1 is 1.64 bits per heavy atom. The molecule has 0 saturated carbocycles. The van der Waals surface area contributed by atoms with Crippen molar-refractivity contribution >= 4 is 48.1 Å². The smallest absolute Gasteiger partial charge is 0.309 e. The van der Waals surface area contributed by atoms with Gasteiger partial charge in [-0.3, -0.25) is 4.57 Å². The minimum atomic E-state index is -3.01. The molecule has 0 rings (SSSR count). The lowest BCUT2D eigenvalue weighted by molar-refractivity contribution is 0.216. The van der Waals surface area contributed by atoms with Gasteiger partial charge in [-0.25, -0.2) is 0 Å². The van der Waals surface area contributed by atoms with E-state index in [1.165, 1.54) is 0 Å². The molecule has 0 saturated heterocycles. The van der Waals surface area contributed by atoms with Gasteiger partial charge in [-0.2, -0.15) is 0 Å². The van der Waals surface area contributed by atoms with Crippen molar-refractivity contribution in [3.63, 3.8) is 0 Å². The summed E-state index contributed by atoms with van der Waals surface area (Å²) in [6, 6.07) is 0. The van der Waals surface area contributed by atoms with Gasteiger partial charge in [0.25, 0.3) is 0 Å². The highest BCUT2D eigenvalue weighted by molar-refractivity contribution is 9.42. The second kappa shape index (κ2) is 4.61. The average molecular weight is 328 g/mol. The van der Waals surface area contributed by atoms with Crippen molar-refractivity contribution in [2.75, 3.05) is 11.9 Å². The van der Waals surface area contributed by atoms with E-state index in [2.05, 4.69) is 31.4 Å². The molecular weight excluding hydrogens is 318 g/mol. The molecule has 0 heterocycles. The summed E-state index contributed by atoms with van der Waals surface area (Å²) in [4.78, 5) is 0. The Bertz CT molecular complexity index is 168. The molecule has 1 atom stereocenters. The van der Waals surface area contributed by atoms with Crippen molar-refractivity contribution in [1.29, 1.82) is 0 Å². The van der Waals surface area contributed by atoms with Gasteiger partial charge in [-0.15, -0.1) is 0 Å². The predicted octanol–water partition coefficient (Wildman–Crippen LogP) is 4.17. The molecule has 2 nitrogen and oxygen atoms in total. The SMILES string of the molecule is CC(C)(CBr)COP(=O)(Cl)Br. The molecule has 0 bridgehead atoms. The number of rotatable bonds is 4. The summed E-state index contributed by atoms with van der Waals surface area (Å²) in [5.74, 6) is 0. The van der Waals surface area contributed by atoms with Gasteiger partial charge in [0.2, 0.25) is 0 Å². The topological polar surface area (TPSA) is 26.3 Å². The van der Waals surface area contributed by atoms with E-state index >= 15 is 0 Å². The molecule has 0 aliphatic heterocycles. The van der Waals surface area contributed by atoms with Crippen LogP contribution in [0.15, 0.2) is 0 Å². The van der Waals surface area contributed by atoms with E-state index in [9.17, 15) is 4.57 Å². The summed E-state index contributed by atoms with van der Waals surface area (Å²) in [5, 5.41) is 0.782. The summed E-state index contributed by atoms with van der Waals surface area (Å²) >= 11 is 11.4. The van der Waals surface area contributed by atoms with Crippen LogP contribution in [0.2, 0.25) is 0 Å². The number of hydrogen-bond acceptors (Lipinski definition) is 2. The Kier molecular flexibility index (Phi) is 5.22. The fourth-order valence-corrected chi connectivity index (χ4v) is 1.40. The predicted molar refractivity (Wildman–Crippen MR) is 55.9 cm³/mol. The van der Waals surface area contributed by atoms with Crippen LogP contribution in [-0.4, -0.2) is 11.9 Å². The summed E-state index contributed by atoms with van der Waals surface area (Å²) in [6.07, 6.45) is 0. The Morgan fingerprint density at radius 3 is 2.36 bits per heavy atom. The highest BCUT2D eigenvalue weighted by Gasteiger charge is 2.22. The van der Waals surface area contributed by atoms with E-state index in [1.807, 2.05) is 13.8 Å². The zero-order valence-electron chi connectivity index (χ0n) is 6.31. The number of hydrogen-bond donors (Lipinski definition) is 0. The van der Waals surface area contributed by atoms with E-state index in [4.69, 9.17) is 15.8 Å². The first-order chi connectivity index (χ1) is 4.77. The van der Waals surface area contributed by atoms with Crippen molar-refractivity contribution in [3.05, 3.63) is 0 Å². The second-order valence-electron chi connectivity index (χ2n) is 2.99. The maximum atomic E-state index is 10.8. The highest BCUT2D eigenvalue weighted by Crippen LogP contribution is 2.60. The van der Waals surface area contributed by atoms with Gasteiger partial charge in [-0.05, 0) is 16.7 Å². The lowest BCUT2D eigenvalue weighted by Crippen LogP contribution is -2.19. The first-order valence-electron chi connectivity index (χ1n) is 2.97. The van der Waals surface area contributed by atoms with Gasteiger partial charge in [0.15, 0.2) is 0 Å². The molecule has 0 aromatic carbocycles. The maximum absolute atomic E-state index is 10.8. The molecule has 6 heteroatoms. The molecule has 0 amide bonds. The molecule has 0 N–H and O–H groups in total. The Morgan fingerprint density at radius 2 is 2.09 bits per heavy atom. The fourth-order valence-electron chi connectivity index (χ4n) is 0.288. The largest absolute Gasteiger partial charge is 0.353 e. The first-order valence-corrected chi connectivity index (χ1v) is 8.64. The molecular formula is C5H10Br2ClO2P. The second-order valence-corrected chi connectivity index (χ2v) is 10.00. The number of halogens is 3. The molecule has 0 aromatic heterocycles. The van der Waals surface area contributed by atoms with Crippen molar-refractivity contribution in [1.82, 2.24) is 0 Å². The molecule has 0 spiro atoms. The molecule has 0 aliphatic rings. The van der Waals surface area contributed by atoms with E-state index in [0.29, 0.717) is 6.61 Å². The van der Waals surface area contributed by atoms with Gasteiger partial charge < -0.3 is 4.52 Å². The third-order valence-corrected chi connectivity index (χ3v) is 3.82. The molecule has 11 heavy (non-hydrogen) atoms. The lowest BCUT2D eigenvalue weighted by atomic mass is 9.99. The van der Waals surface area contributed by atoms with Gasteiger partial charge in [0.1, 0.15) is 0 Å². The third kappa shape index (κ3) is 7.79. The zero-order valence-corrected chi connectivity index (χ0v) is 11.1. The van der Waals surface area contributed by atoms with E-state index in [0.717, 1.165) is 5.33 Å². The fraction of sp³-hybridized carbons (Fsp3) is 1.00. The summed E-state index contributed by atoms with van der Waals surface area (Å²) in [5.41, 5.74) is -3.05. The van der Waals surface area contributed by atoms with Crippen molar-refractivity contribution in [2.45, 2.75) is 13.8 Å². The molecule has 0 radical (unpaired) electrons. The Balaban J connectivity index is 3.80. The maximum Gasteiger partial charge on any atom is 0.353 e. The van der Waals surface area contributed by atoms with Crippen molar-refractivity contribution in [2.24, 2.45) is 5.41 Å². The van der Waals surface area contributed by atoms with E-state index in [1.54, 1.807) is 0 Å². The monoisotopic (exact) mass is 326 g/mol. The van der Waals surface area contributed by atoms with Crippen LogP contribution in [0.4, 0.5) is 0 Å². The first kappa shape index (κ1) is 12.4. The van der Waals surface area contributed by atoms with Crippen LogP contribution in [0, 0.1) is 5.41 Å². The van der Waals surface area contributed by atoms with Gasteiger partial charge in [-0.1, -0.05) is 29.8 Å². The van der Waals surface area contributed by atoms with Crippen LogP contribution < -0.4 is 0 Å². The minimum Gasteiger partial charge on any atom is -0.309 e. The summed E-state index contributed by atoms with van der Waals surface area (Å²) < 4.78 is 15.7. The molecule has 0 aromatic rings. The Labute approximate surface area is 88.1 Å². The van der Waals surface area contributed by atoms with E-state index < -0.39 is 5.42 Å². The molecule has 0 fully saturated rings. The van der Waals surface area contributed by atoms with Gasteiger partial charge in [0.05, 0.1) is 6.61 Å². The molecule has 68 valence electrons. The van der Waals surface area contributed by atoms with Crippen LogP contribution >= 0.6 is 48.1 Å². The summed E-state index contributed by atoms with van der Waals surface area (Å²) in [6.45, 7) is 4.34. The molecule has 0 aliphatic carbocycles. The van der Waals surface area contributed by atoms with Crippen molar-refractivity contribution < 1.29 is 9.09 Å². The van der Waals surface area contributed by atoms with Crippen LogP contribution in [0.5, 0.6) is 0 Å². The Hall–Kier alpha value is 1.44. The normalized spacial score (nSPS) is 17.9. The van der Waals surface area contributed by atoms with Crippen LogP contribution in [0.1, 0.15) is 13.8 Å². The van der Waals surface area contributed by atoms with Crippen LogP contribution in [0.25, 0.3) is 0 Å². The zero-order chi connectivity index (χ0) is 9.12. The van der Waals surface area contributed by atoms with Gasteiger partial charge >= 0.3 is 5.42 Å². The quantitative estimate of drug-likeness (QED) is 0.572. The molecule has 1 unspecified atom stereocenters.